The molecule has 1 amide bonds. The molecule has 0 unspecified atom stereocenters. The summed E-state index contributed by atoms with van der Waals surface area (Å²) in [6, 6.07) is 5.64. The number of hydrazone groups is 1. The fourth-order valence-corrected chi connectivity index (χ4v) is 3.35. The van der Waals surface area contributed by atoms with Crippen molar-refractivity contribution in [1.82, 2.24) is 15.0 Å². The van der Waals surface area contributed by atoms with Crippen molar-refractivity contribution in [3.8, 4) is 0 Å². The van der Waals surface area contributed by atoms with Crippen LogP contribution in [0.4, 0.5) is 0 Å². The molecule has 1 heterocycles. The van der Waals surface area contributed by atoms with E-state index in [9.17, 15) is 4.79 Å². The van der Waals surface area contributed by atoms with Crippen molar-refractivity contribution in [2.24, 2.45) is 11.0 Å². The van der Waals surface area contributed by atoms with Gasteiger partial charge in [-0.2, -0.15) is 5.10 Å². The number of benzene rings is 1. The van der Waals surface area contributed by atoms with Crippen LogP contribution in [0.15, 0.2) is 23.3 Å². The Balaban J connectivity index is 1.77. The molecule has 5 heteroatoms. The van der Waals surface area contributed by atoms with Gasteiger partial charge in [-0.15, -0.1) is 0 Å². The standard InChI is InChI=1S/C18H24N4O/c1-4-22-13(3)19-16-11-14(8-9-17(16)22)18(23)21-20-15-7-5-6-12(2)10-15/h8-9,11-12H,4-7,10H2,1-3H3,(H,21,23)/b20-15-/t12-/m1/s1. The quantitative estimate of drug-likeness (QED) is 0.879. The molecule has 1 aromatic heterocycles. The van der Waals surface area contributed by atoms with Gasteiger partial charge in [0.15, 0.2) is 0 Å². The second kappa shape index (κ2) is 6.52. The minimum Gasteiger partial charge on any atom is -0.329 e. The number of nitrogens with one attached hydrogen (secondary N) is 1. The number of hydrogen-bond donors (Lipinski definition) is 1. The van der Waals surface area contributed by atoms with Crippen LogP contribution in [0, 0.1) is 12.8 Å². The van der Waals surface area contributed by atoms with E-state index < -0.39 is 0 Å². The van der Waals surface area contributed by atoms with E-state index in [2.05, 4.69) is 33.9 Å². The SMILES string of the molecule is CCn1c(C)nc2cc(C(=O)N/N=C3/CCC[C@@H](C)C3)ccc21. The highest BCUT2D eigenvalue weighted by Crippen LogP contribution is 2.21. The first-order valence-electron chi connectivity index (χ1n) is 8.41. The van der Waals surface area contributed by atoms with Gasteiger partial charge >= 0.3 is 0 Å². The summed E-state index contributed by atoms with van der Waals surface area (Å²) in [5.41, 5.74) is 6.33. The lowest BCUT2D eigenvalue weighted by molar-refractivity contribution is 0.0954. The Kier molecular flexibility index (Phi) is 4.46. The summed E-state index contributed by atoms with van der Waals surface area (Å²) in [5.74, 6) is 1.47. The number of rotatable bonds is 3. The lowest BCUT2D eigenvalue weighted by atomic mass is 9.89. The molecule has 1 atom stereocenters. The van der Waals surface area contributed by atoms with E-state index in [1.165, 1.54) is 6.42 Å². The highest BCUT2D eigenvalue weighted by atomic mass is 16.2. The van der Waals surface area contributed by atoms with Crippen molar-refractivity contribution in [2.45, 2.75) is 53.0 Å². The predicted octanol–water partition coefficient (Wildman–Crippen LogP) is 3.66. The van der Waals surface area contributed by atoms with Crippen LogP contribution in [0.5, 0.6) is 0 Å². The minimum absolute atomic E-state index is 0.165. The second-order valence-corrected chi connectivity index (χ2v) is 6.43. The van der Waals surface area contributed by atoms with Crippen LogP contribution >= 0.6 is 0 Å². The molecule has 1 aromatic carbocycles. The van der Waals surface area contributed by atoms with E-state index in [1.54, 1.807) is 0 Å². The van der Waals surface area contributed by atoms with Crippen molar-refractivity contribution in [3.05, 3.63) is 29.6 Å². The molecule has 0 radical (unpaired) electrons. The number of imidazole rings is 1. The van der Waals surface area contributed by atoms with Crippen LogP contribution < -0.4 is 5.43 Å². The van der Waals surface area contributed by atoms with Crippen LogP contribution in [-0.4, -0.2) is 21.2 Å². The number of amides is 1. The van der Waals surface area contributed by atoms with Crippen molar-refractivity contribution in [3.63, 3.8) is 0 Å². The Labute approximate surface area is 136 Å². The Hall–Kier alpha value is -2.17. The molecule has 0 aliphatic heterocycles. The highest BCUT2D eigenvalue weighted by molar-refractivity contribution is 5.98. The summed E-state index contributed by atoms with van der Waals surface area (Å²) in [5, 5.41) is 4.32. The fourth-order valence-electron chi connectivity index (χ4n) is 3.35. The highest BCUT2D eigenvalue weighted by Gasteiger charge is 2.15. The molecular weight excluding hydrogens is 288 g/mol. The van der Waals surface area contributed by atoms with Gasteiger partial charge in [0, 0.05) is 17.8 Å². The van der Waals surface area contributed by atoms with Crippen LogP contribution in [0.25, 0.3) is 11.0 Å². The third kappa shape index (κ3) is 3.28. The molecule has 122 valence electrons. The molecule has 0 spiro atoms. The Bertz CT molecular complexity index is 760. The fraction of sp³-hybridized carbons (Fsp3) is 0.500. The Morgan fingerprint density at radius 2 is 2.30 bits per heavy atom. The molecule has 1 aliphatic carbocycles. The van der Waals surface area contributed by atoms with E-state index in [0.29, 0.717) is 11.5 Å². The van der Waals surface area contributed by atoms with Crippen LogP contribution in [0.1, 0.15) is 55.7 Å². The molecule has 0 saturated heterocycles. The van der Waals surface area contributed by atoms with Gasteiger partial charge in [-0.3, -0.25) is 4.79 Å². The molecule has 3 rings (SSSR count). The number of carbonyl (C=O) groups is 1. The maximum Gasteiger partial charge on any atom is 0.271 e. The monoisotopic (exact) mass is 312 g/mol. The summed E-state index contributed by atoms with van der Waals surface area (Å²) in [6.45, 7) is 7.19. The van der Waals surface area contributed by atoms with E-state index in [4.69, 9.17) is 0 Å². The van der Waals surface area contributed by atoms with Gasteiger partial charge in [0.2, 0.25) is 0 Å². The molecule has 1 aliphatic rings. The van der Waals surface area contributed by atoms with Gasteiger partial charge in [0.05, 0.1) is 11.0 Å². The molecule has 5 nitrogen and oxygen atoms in total. The summed E-state index contributed by atoms with van der Waals surface area (Å²) in [6.07, 6.45) is 4.39. The normalized spacial score (nSPS) is 20.1. The lowest BCUT2D eigenvalue weighted by Crippen LogP contribution is -2.22. The minimum atomic E-state index is -0.165. The third-order valence-corrected chi connectivity index (χ3v) is 4.58. The van der Waals surface area contributed by atoms with Crippen molar-refractivity contribution in [1.29, 1.82) is 0 Å². The van der Waals surface area contributed by atoms with E-state index >= 15 is 0 Å². The largest absolute Gasteiger partial charge is 0.329 e. The lowest BCUT2D eigenvalue weighted by Gasteiger charge is -2.18. The maximum atomic E-state index is 12.3. The summed E-state index contributed by atoms with van der Waals surface area (Å²) < 4.78 is 2.14. The Morgan fingerprint density at radius 3 is 3.04 bits per heavy atom. The first kappa shape index (κ1) is 15.7. The zero-order valence-corrected chi connectivity index (χ0v) is 14.1. The first-order chi connectivity index (χ1) is 11.1. The predicted molar refractivity (Wildman–Crippen MR) is 92.7 cm³/mol. The number of fused-ring (bicyclic) bond motifs is 1. The molecule has 1 saturated carbocycles. The Morgan fingerprint density at radius 1 is 1.48 bits per heavy atom. The van der Waals surface area contributed by atoms with Gasteiger partial charge in [0.1, 0.15) is 5.82 Å². The van der Waals surface area contributed by atoms with E-state index in [1.807, 2.05) is 25.1 Å². The van der Waals surface area contributed by atoms with Gasteiger partial charge in [-0.25, -0.2) is 10.4 Å². The molecule has 1 fully saturated rings. The number of carbonyl (C=O) groups excluding carboxylic acids is 1. The summed E-state index contributed by atoms with van der Waals surface area (Å²) >= 11 is 0. The molecule has 23 heavy (non-hydrogen) atoms. The molecule has 0 bridgehead atoms. The molecule has 1 N–H and O–H groups in total. The third-order valence-electron chi connectivity index (χ3n) is 4.58. The first-order valence-corrected chi connectivity index (χ1v) is 8.41. The van der Waals surface area contributed by atoms with Gasteiger partial charge in [-0.1, -0.05) is 6.92 Å². The molecule has 2 aromatic rings. The maximum absolute atomic E-state index is 12.3. The molecular formula is C18H24N4O. The number of nitrogens with zero attached hydrogens (tertiary/aromatic N) is 3. The van der Waals surface area contributed by atoms with Crippen LogP contribution in [0.3, 0.4) is 0 Å². The van der Waals surface area contributed by atoms with Crippen molar-refractivity contribution < 1.29 is 4.79 Å². The topological polar surface area (TPSA) is 59.3 Å². The number of aryl methyl sites for hydroxylation is 2. The average molecular weight is 312 g/mol. The average Bonchev–Trinajstić information content (AvgIpc) is 2.86. The van der Waals surface area contributed by atoms with E-state index in [0.717, 1.165) is 48.4 Å². The van der Waals surface area contributed by atoms with E-state index in [-0.39, 0.29) is 5.91 Å². The zero-order valence-electron chi connectivity index (χ0n) is 14.1. The second-order valence-electron chi connectivity index (χ2n) is 6.43. The van der Waals surface area contributed by atoms with Gasteiger partial charge in [0.25, 0.3) is 5.91 Å². The van der Waals surface area contributed by atoms with Crippen LogP contribution in [-0.2, 0) is 6.54 Å². The number of hydrogen-bond acceptors (Lipinski definition) is 3. The zero-order chi connectivity index (χ0) is 16.4. The number of aromatic nitrogens is 2. The smallest absolute Gasteiger partial charge is 0.271 e. The van der Waals surface area contributed by atoms with Crippen molar-refractivity contribution >= 4 is 22.7 Å². The summed E-state index contributed by atoms with van der Waals surface area (Å²) in [4.78, 5) is 16.9. The van der Waals surface area contributed by atoms with Gasteiger partial charge in [-0.05, 0) is 63.6 Å². The summed E-state index contributed by atoms with van der Waals surface area (Å²) in [7, 11) is 0. The van der Waals surface area contributed by atoms with Crippen molar-refractivity contribution in [2.75, 3.05) is 0 Å². The van der Waals surface area contributed by atoms with Gasteiger partial charge < -0.3 is 4.57 Å². The van der Waals surface area contributed by atoms with Crippen LogP contribution in [0.2, 0.25) is 0 Å².